The largest absolute Gasteiger partial charge is 0.495 e. The van der Waals surface area contributed by atoms with Crippen molar-refractivity contribution < 1.29 is 13.9 Å². The van der Waals surface area contributed by atoms with E-state index in [0.29, 0.717) is 10.8 Å². The summed E-state index contributed by atoms with van der Waals surface area (Å²) in [7, 11) is 1.45. The lowest BCUT2D eigenvalue weighted by molar-refractivity contribution is 0.102. The van der Waals surface area contributed by atoms with Gasteiger partial charge in [-0.25, -0.2) is 4.39 Å². The summed E-state index contributed by atoms with van der Waals surface area (Å²) in [6.07, 6.45) is 0. The van der Waals surface area contributed by atoms with Crippen LogP contribution in [0.3, 0.4) is 0 Å². The summed E-state index contributed by atoms with van der Waals surface area (Å²) < 4.78 is 18.6. The molecule has 104 valence electrons. The van der Waals surface area contributed by atoms with Crippen molar-refractivity contribution in [3.05, 3.63) is 52.8 Å². The number of halogens is 2. The molecule has 0 aliphatic rings. The highest BCUT2D eigenvalue weighted by atomic mass is 35.5. The Morgan fingerprint density at radius 1 is 1.35 bits per heavy atom. The Morgan fingerprint density at radius 2 is 2.10 bits per heavy atom. The van der Waals surface area contributed by atoms with E-state index in [-0.39, 0.29) is 16.9 Å². The lowest BCUT2D eigenvalue weighted by Gasteiger charge is -2.11. The topological polar surface area (TPSA) is 64.3 Å². The Morgan fingerprint density at radius 3 is 2.80 bits per heavy atom. The molecule has 2 rings (SSSR count). The molecule has 0 saturated carbocycles. The van der Waals surface area contributed by atoms with Crippen molar-refractivity contribution in [3.63, 3.8) is 0 Å². The zero-order valence-corrected chi connectivity index (χ0v) is 11.4. The number of nitrogens with two attached hydrogens (primary N) is 1. The van der Waals surface area contributed by atoms with Gasteiger partial charge >= 0.3 is 0 Å². The average molecular weight is 295 g/mol. The number of carbonyl (C=O) groups excluding carboxylic acids is 1. The number of rotatable bonds is 3. The highest BCUT2D eigenvalue weighted by Gasteiger charge is 2.15. The van der Waals surface area contributed by atoms with E-state index in [1.54, 1.807) is 12.1 Å². The molecule has 0 spiro atoms. The number of benzene rings is 2. The third-order valence-electron chi connectivity index (χ3n) is 2.71. The first kappa shape index (κ1) is 14.1. The van der Waals surface area contributed by atoms with Crippen LogP contribution in [0.1, 0.15) is 10.4 Å². The number of anilines is 2. The maximum absolute atomic E-state index is 13.6. The van der Waals surface area contributed by atoms with Gasteiger partial charge in [0, 0.05) is 5.02 Å². The molecule has 0 aliphatic carbocycles. The number of methoxy groups -OCH3 is 1. The second-order valence-corrected chi connectivity index (χ2v) is 4.44. The first-order chi connectivity index (χ1) is 9.52. The number of hydrogen-bond donors (Lipinski definition) is 2. The standard InChI is InChI=1S/C14H12ClFN2O2/c1-20-12-4-2-3-9(13(12)17)14(19)18-11-7-8(15)5-6-10(11)16/h2-7H,17H2,1H3,(H,18,19). The van der Waals surface area contributed by atoms with E-state index in [9.17, 15) is 9.18 Å². The van der Waals surface area contributed by atoms with Gasteiger partial charge in [-0.1, -0.05) is 17.7 Å². The fourth-order valence-electron chi connectivity index (χ4n) is 1.70. The van der Waals surface area contributed by atoms with E-state index >= 15 is 0 Å². The van der Waals surface area contributed by atoms with Crippen molar-refractivity contribution in [2.75, 3.05) is 18.2 Å². The second kappa shape index (κ2) is 5.79. The van der Waals surface area contributed by atoms with Crippen LogP contribution in [0.25, 0.3) is 0 Å². The summed E-state index contributed by atoms with van der Waals surface area (Å²) in [5.41, 5.74) is 6.19. The Bertz CT molecular complexity index is 662. The van der Waals surface area contributed by atoms with Gasteiger partial charge in [-0.05, 0) is 30.3 Å². The van der Waals surface area contributed by atoms with Crippen molar-refractivity contribution in [2.24, 2.45) is 0 Å². The lowest BCUT2D eigenvalue weighted by atomic mass is 10.1. The van der Waals surface area contributed by atoms with Crippen molar-refractivity contribution in [1.82, 2.24) is 0 Å². The molecule has 4 nitrogen and oxygen atoms in total. The van der Waals surface area contributed by atoms with E-state index in [0.717, 1.165) is 0 Å². The third kappa shape index (κ3) is 2.83. The van der Waals surface area contributed by atoms with Crippen LogP contribution in [0.5, 0.6) is 5.75 Å². The highest BCUT2D eigenvalue weighted by Crippen LogP contribution is 2.26. The van der Waals surface area contributed by atoms with Gasteiger partial charge < -0.3 is 15.8 Å². The molecule has 0 heterocycles. The summed E-state index contributed by atoms with van der Waals surface area (Å²) >= 11 is 5.76. The maximum atomic E-state index is 13.6. The molecule has 20 heavy (non-hydrogen) atoms. The SMILES string of the molecule is COc1cccc(C(=O)Nc2cc(Cl)ccc2F)c1N. The van der Waals surface area contributed by atoms with Crippen LogP contribution in [0.15, 0.2) is 36.4 Å². The summed E-state index contributed by atoms with van der Waals surface area (Å²) in [5.74, 6) is -0.740. The van der Waals surface area contributed by atoms with Crippen LogP contribution in [-0.2, 0) is 0 Å². The van der Waals surface area contributed by atoms with Crippen LogP contribution in [-0.4, -0.2) is 13.0 Å². The minimum absolute atomic E-state index is 0.00952. The molecule has 2 aromatic carbocycles. The zero-order valence-electron chi connectivity index (χ0n) is 10.6. The Balaban J connectivity index is 2.31. The number of ether oxygens (including phenoxy) is 1. The maximum Gasteiger partial charge on any atom is 0.257 e. The van der Waals surface area contributed by atoms with Crippen LogP contribution in [0.4, 0.5) is 15.8 Å². The van der Waals surface area contributed by atoms with Crippen molar-refractivity contribution in [3.8, 4) is 5.75 Å². The molecule has 0 atom stereocenters. The summed E-state index contributed by atoms with van der Waals surface area (Å²) in [6, 6.07) is 8.67. The van der Waals surface area contributed by atoms with Gasteiger partial charge in [-0.2, -0.15) is 0 Å². The first-order valence-electron chi connectivity index (χ1n) is 5.72. The first-order valence-corrected chi connectivity index (χ1v) is 6.09. The Kier molecular flexibility index (Phi) is 4.10. The van der Waals surface area contributed by atoms with Gasteiger partial charge in [0.15, 0.2) is 0 Å². The molecule has 0 saturated heterocycles. The molecule has 0 aliphatic heterocycles. The lowest BCUT2D eigenvalue weighted by Crippen LogP contribution is -2.15. The van der Waals surface area contributed by atoms with Crippen molar-refractivity contribution >= 4 is 28.9 Å². The quantitative estimate of drug-likeness (QED) is 0.854. The Hall–Kier alpha value is -2.27. The zero-order chi connectivity index (χ0) is 14.7. The molecule has 0 bridgehead atoms. The highest BCUT2D eigenvalue weighted by molar-refractivity contribution is 6.31. The van der Waals surface area contributed by atoms with Gasteiger partial charge in [0.05, 0.1) is 24.0 Å². The predicted molar refractivity (Wildman–Crippen MR) is 76.8 cm³/mol. The monoisotopic (exact) mass is 294 g/mol. The molecule has 1 amide bonds. The van der Waals surface area contributed by atoms with Gasteiger partial charge in [0.1, 0.15) is 11.6 Å². The molecule has 0 aromatic heterocycles. The Labute approximate surface area is 120 Å². The number of para-hydroxylation sites is 1. The fourth-order valence-corrected chi connectivity index (χ4v) is 1.88. The van der Waals surface area contributed by atoms with E-state index in [2.05, 4.69) is 5.32 Å². The summed E-state index contributed by atoms with van der Waals surface area (Å²) in [6.45, 7) is 0. The number of nitrogen functional groups attached to an aromatic ring is 1. The number of amides is 1. The minimum atomic E-state index is -0.579. The van der Waals surface area contributed by atoms with E-state index in [4.69, 9.17) is 22.1 Å². The average Bonchev–Trinajstić information content (AvgIpc) is 2.43. The van der Waals surface area contributed by atoms with Crippen molar-refractivity contribution in [1.29, 1.82) is 0 Å². The van der Waals surface area contributed by atoms with Crippen LogP contribution in [0, 0.1) is 5.82 Å². The molecular formula is C14H12ClFN2O2. The van der Waals surface area contributed by atoms with Crippen LogP contribution >= 0.6 is 11.6 Å². The number of nitrogens with one attached hydrogen (secondary N) is 1. The van der Waals surface area contributed by atoms with Gasteiger partial charge in [0.2, 0.25) is 0 Å². The molecule has 3 N–H and O–H groups in total. The summed E-state index contributed by atoms with van der Waals surface area (Å²) in [4.78, 5) is 12.1. The fraction of sp³-hybridized carbons (Fsp3) is 0.0714. The summed E-state index contributed by atoms with van der Waals surface area (Å²) in [5, 5.41) is 2.75. The molecule has 0 fully saturated rings. The smallest absolute Gasteiger partial charge is 0.257 e. The second-order valence-electron chi connectivity index (χ2n) is 4.00. The normalized spacial score (nSPS) is 10.2. The van der Waals surface area contributed by atoms with Crippen molar-refractivity contribution in [2.45, 2.75) is 0 Å². The molecule has 0 radical (unpaired) electrons. The van der Waals surface area contributed by atoms with E-state index in [1.165, 1.54) is 31.4 Å². The predicted octanol–water partition coefficient (Wildman–Crippen LogP) is 3.32. The van der Waals surface area contributed by atoms with E-state index in [1.807, 2.05) is 0 Å². The molecular weight excluding hydrogens is 283 g/mol. The van der Waals surface area contributed by atoms with Gasteiger partial charge in [0.25, 0.3) is 5.91 Å². The van der Waals surface area contributed by atoms with E-state index < -0.39 is 11.7 Å². The van der Waals surface area contributed by atoms with Gasteiger partial charge in [-0.15, -0.1) is 0 Å². The van der Waals surface area contributed by atoms with Gasteiger partial charge in [-0.3, -0.25) is 4.79 Å². The van der Waals surface area contributed by atoms with Crippen LogP contribution in [0.2, 0.25) is 5.02 Å². The third-order valence-corrected chi connectivity index (χ3v) is 2.94. The number of hydrogen-bond acceptors (Lipinski definition) is 3. The van der Waals surface area contributed by atoms with Crippen LogP contribution < -0.4 is 15.8 Å². The number of carbonyl (C=O) groups is 1. The minimum Gasteiger partial charge on any atom is -0.495 e. The molecule has 6 heteroatoms. The molecule has 0 unspecified atom stereocenters. The molecule has 2 aromatic rings.